The molecule has 0 heteroatoms. The Balaban J connectivity index is 4.44. The summed E-state index contributed by atoms with van der Waals surface area (Å²) < 4.78 is 0. The van der Waals surface area contributed by atoms with Gasteiger partial charge in [-0.1, -0.05) is 31.7 Å². The van der Waals surface area contributed by atoms with Crippen molar-refractivity contribution < 1.29 is 0 Å². The molecule has 0 aliphatic heterocycles. The molecule has 0 aliphatic rings. The molecule has 0 N–H and O–H groups in total. The van der Waals surface area contributed by atoms with Crippen LogP contribution in [0.2, 0.25) is 0 Å². The Morgan fingerprint density at radius 1 is 1.50 bits per heavy atom. The second kappa shape index (κ2) is 5.04. The Morgan fingerprint density at radius 2 is 2.10 bits per heavy atom. The van der Waals surface area contributed by atoms with E-state index in [1.54, 1.807) is 0 Å². The zero-order chi connectivity index (χ0) is 7.98. The highest BCUT2D eigenvalue weighted by atomic mass is 14.0. The molecular formula is C10H16. The molecule has 0 radical (unpaired) electrons. The largest absolute Gasteiger partial charge is 0.0988 e. The van der Waals surface area contributed by atoms with Gasteiger partial charge < -0.3 is 0 Å². The Kier molecular flexibility index (Phi) is 4.65. The summed E-state index contributed by atoms with van der Waals surface area (Å²) in [5.74, 6) is 0. The average molecular weight is 136 g/mol. The topological polar surface area (TPSA) is 0 Å². The fraction of sp³-hybridized carbons (Fsp3) is 0.400. The molecule has 0 aromatic carbocycles. The van der Waals surface area contributed by atoms with Gasteiger partial charge in [0.1, 0.15) is 0 Å². The predicted octanol–water partition coefficient (Wildman–Crippen LogP) is 3.48. The van der Waals surface area contributed by atoms with Gasteiger partial charge in [-0.2, -0.15) is 0 Å². The quantitative estimate of drug-likeness (QED) is 0.521. The number of rotatable bonds is 3. The molecule has 0 atom stereocenters. The summed E-state index contributed by atoms with van der Waals surface area (Å²) in [6.07, 6.45) is 7.18. The zero-order valence-electron chi connectivity index (χ0n) is 7.15. The van der Waals surface area contributed by atoms with Crippen LogP contribution in [0.25, 0.3) is 0 Å². The summed E-state index contributed by atoms with van der Waals surface area (Å²) in [5, 5.41) is 0. The molecule has 0 unspecified atom stereocenters. The van der Waals surface area contributed by atoms with Gasteiger partial charge in [0.25, 0.3) is 0 Å². The lowest BCUT2D eigenvalue weighted by Crippen LogP contribution is -1.78. The van der Waals surface area contributed by atoms with E-state index in [1.165, 1.54) is 11.1 Å². The van der Waals surface area contributed by atoms with E-state index in [0.717, 1.165) is 6.42 Å². The predicted molar refractivity (Wildman–Crippen MR) is 48.0 cm³/mol. The summed E-state index contributed by atoms with van der Waals surface area (Å²) in [6, 6.07) is 0. The molecule has 0 fully saturated rings. The van der Waals surface area contributed by atoms with Crippen molar-refractivity contribution in [2.24, 2.45) is 0 Å². The molecule has 0 aromatic heterocycles. The monoisotopic (exact) mass is 136 g/mol. The maximum atomic E-state index is 3.72. The molecule has 0 saturated carbocycles. The molecule has 56 valence electrons. The van der Waals surface area contributed by atoms with Crippen LogP contribution in [0.4, 0.5) is 0 Å². The molecule has 10 heavy (non-hydrogen) atoms. The Labute approximate surface area is 64.0 Å². The third-order valence-corrected chi connectivity index (χ3v) is 1.56. The smallest absolute Gasteiger partial charge is 0.0305 e. The third kappa shape index (κ3) is 2.67. The SMILES string of the molecule is C=C/C(C)=C(\C=C/C)CC. The maximum absolute atomic E-state index is 3.72. The van der Waals surface area contributed by atoms with Crippen LogP contribution in [-0.2, 0) is 0 Å². The summed E-state index contributed by atoms with van der Waals surface area (Å²) in [7, 11) is 0. The number of hydrogen-bond acceptors (Lipinski definition) is 0. The van der Waals surface area contributed by atoms with Crippen molar-refractivity contribution in [3.63, 3.8) is 0 Å². The van der Waals surface area contributed by atoms with Crippen LogP contribution in [0.5, 0.6) is 0 Å². The Bertz CT molecular complexity index is 159. The summed E-state index contributed by atoms with van der Waals surface area (Å²) in [5.41, 5.74) is 2.65. The van der Waals surface area contributed by atoms with E-state index in [4.69, 9.17) is 0 Å². The minimum absolute atomic E-state index is 1.09. The van der Waals surface area contributed by atoms with Gasteiger partial charge in [-0.3, -0.25) is 0 Å². The molecule has 0 nitrogen and oxygen atoms in total. The van der Waals surface area contributed by atoms with E-state index in [-0.39, 0.29) is 0 Å². The van der Waals surface area contributed by atoms with Gasteiger partial charge in [0.15, 0.2) is 0 Å². The second-order valence-corrected chi connectivity index (χ2v) is 2.27. The van der Waals surface area contributed by atoms with E-state index in [2.05, 4.69) is 32.6 Å². The second-order valence-electron chi connectivity index (χ2n) is 2.27. The van der Waals surface area contributed by atoms with Crippen molar-refractivity contribution in [1.82, 2.24) is 0 Å². The molecule has 0 saturated heterocycles. The van der Waals surface area contributed by atoms with Crippen LogP contribution in [0.15, 0.2) is 36.0 Å². The van der Waals surface area contributed by atoms with Gasteiger partial charge in [0, 0.05) is 0 Å². The van der Waals surface area contributed by atoms with Crippen molar-refractivity contribution in [2.75, 3.05) is 0 Å². The van der Waals surface area contributed by atoms with Gasteiger partial charge in [-0.25, -0.2) is 0 Å². The van der Waals surface area contributed by atoms with Gasteiger partial charge in [-0.15, -0.1) is 0 Å². The molecule has 0 amide bonds. The molecule has 0 heterocycles. The van der Waals surface area contributed by atoms with Gasteiger partial charge in [0.05, 0.1) is 0 Å². The lowest BCUT2D eigenvalue weighted by molar-refractivity contribution is 1.12. The Morgan fingerprint density at radius 3 is 2.40 bits per heavy atom. The van der Waals surface area contributed by atoms with Crippen molar-refractivity contribution in [2.45, 2.75) is 27.2 Å². The van der Waals surface area contributed by atoms with Crippen LogP contribution in [0, 0.1) is 0 Å². The maximum Gasteiger partial charge on any atom is -0.0305 e. The molecule has 0 aromatic rings. The minimum atomic E-state index is 1.09. The molecule has 0 rings (SSSR count). The molecular weight excluding hydrogens is 120 g/mol. The van der Waals surface area contributed by atoms with Gasteiger partial charge in [-0.05, 0) is 31.4 Å². The van der Waals surface area contributed by atoms with E-state index >= 15 is 0 Å². The van der Waals surface area contributed by atoms with Crippen LogP contribution in [0.3, 0.4) is 0 Å². The highest BCUT2D eigenvalue weighted by Crippen LogP contribution is 2.10. The fourth-order valence-electron chi connectivity index (χ4n) is 0.860. The van der Waals surface area contributed by atoms with Crippen molar-refractivity contribution in [3.8, 4) is 0 Å². The fourth-order valence-corrected chi connectivity index (χ4v) is 0.860. The summed E-state index contributed by atoms with van der Waals surface area (Å²) in [4.78, 5) is 0. The van der Waals surface area contributed by atoms with Crippen LogP contribution in [-0.4, -0.2) is 0 Å². The Hall–Kier alpha value is -0.780. The first kappa shape index (κ1) is 9.22. The minimum Gasteiger partial charge on any atom is -0.0988 e. The van der Waals surface area contributed by atoms with Crippen molar-refractivity contribution >= 4 is 0 Å². The van der Waals surface area contributed by atoms with E-state index in [0.29, 0.717) is 0 Å². The third-order valence-electron chi connectivity index (χ3n) is 1.56. The average Bonchev–Trinajstić information content (AvgIpc) is 1.99. The van der Waals surface area contributed by atoms with Crippen LogP contribution < -0.4 is 0 Å². The lowest BCUT2D eigenvalue weighted by atomic mass is 10.1. The lowest BCUT2D eigenvalue weighted by Gasteiger charge is -1.99. The van der Waals surface area contributed by atoms with Crippen molar-refractivity contribution in [3.05, 3.63) is 36.0 Å². The highest BCUT2D eigenvalue weighted by Gasteiger charge is 1.89. The van der Waals surface area contributed by atoms with E-state index in [1.807, 2.05) is 13.0 Å². The van der Waals surface area contributed by atoms with Crippen molar-refractivity contribution in [1.29, 1.82) is 0 Å². The zero-order valence-corrected chi connectivity index (χ0v) is 7.15. The summed E-state index contributed by atoms with van der Waals surface area (Å²) >= 11 is 0. The summed E-state index contributed by atoms with van der Waals surface area (Å²) in [6.45, 7) is 10.00. The molecule has 0 aliphatic carbocycles. The van der Waals surface area contributed by atoms with Gasteiger partial charge >= 0.3 is 0 Å². The number of allylic oxidation sites excluding steroid dienone is 5. The first-order valence-corrected chi connectivity index (χ1v) is 3.71. The molecule has 0 bridgehead atoms. The highest BCUT2D eigenvalue weighted by molar-refractivity contribution is 5.30. The molecule has 0 spiro atoms. The van der Waals surface area contributed by atoms with Crippen LogP contribution in [0.1, 0.15) is 27.2 Å². The van der Waals surface area contributed by atoms with E-state index in [9.17, 15) is 0 Å². The number of hydrogen-bond donors (Lipinski definition) is 0. The van der Waals surface area contributed by atoms with E-state index < -0.39 is 0 Å². The van der Waals surface area contributed by atoms with Gasteiger partial charge in [0.2, 0.25) is 0 Å². The first-order chi connectivity index (χ1) is 4.76. The standard InChI is InChI=1S/C10H16/c1-5-8-10(7-3)9(4)6-2/h5-6,8H,2,7H2,1,3-4H3/b8-5-,10-9-. The van der Waals surface area contributed by atoms with Crippen LogP contribution >= 0.6 is 0 Å². The first-order valence-electron chi connectivity index (χ1n) is 3.71. The normalized spacial score (nSPS) is 13.5.